The third-order valence-electron chi connectivity index (χ3n) is 3.05. The van der Waals surface area contributed by atoms with Crippen molar-refractivity contribution in [2.24, 2.45) is 0 Å². The van der Waals surface area contributed by atoms with E-state index in [4.69, 9.17) is 0 Å². The van der Waals surface area contributed by atoms with Gasteiger partial charge < -0.3 is 10.2 Å². The summed E-state index contributed by atoms with van der Waals surface area (Å²) >= 11 is 0. The van der Waals surface area contributed by atoms with E-state index < -0.39 is 4.92 Å². The fourth-order valence-electron chi connectivity index (χ4n) is 2.21. The quantitative estimate of drug-likeness (QED) is 0.670. The number of nitro groups is 1. The van der Waals surface area contributed by atoms with Crippen LogP contribution in [0.5, 0.6) is 0 Å². The molecule has 0 saturated heterocycles. The highest BCUT2D eigenvalue weighted by molar-refractivity contribution is 6.03. The number of Topliss-reactive ketones (excluding diaryl/α,β-unsaturated/α-hetero) is 1. The summed E-state index contributed by atoms with van der Waals surface area (Å²) in [6, 6.07) is 4.06. The van der Waals surface area contributed by atoms with Gasteiger partial charge in [-0.2, -0.15) is 0 Å². The van der Waals surface area contributed by atoms with Gasteiger partial charge in [-0.25, -0.2) is 0 Å². The number of hydrogen-bond acceptors (Lipinski definition) is 5. The number of non-ortho nitro benzene ring substituents is 1. The number of carbonyl (C=O) groups excluding carboxylic acids is 2. The zero-order chi connectivity index (χ0) is 14.9. The van der Waals surface area contributed by atoms with Crippen LogP contribution in [0.15, 0.2) is 18.2 Å². The number of nitro benzene ring substituents is 1. The highest BCUT2D eigenvalue weighted by atomic mass is 16.6. The van der Waals surface area contributed by atoms with E-state index in [0.717, 1.165) is 0 Å². The van der Waals surface area contributed by atoms with Gasteiger partial charge in [0.15, 0.2) is 0 Å². The Morgan fingerprint density at radius 3 is 2.85 bits per heavy atom. The van der Waals surface area contributed by atoms with Gasteiger partial charge in [0.05, 0.1) is 22.8 Å². The minimum Gasteiger partial charge on any atom is -0.380 e. The number of ketones is 1. The Kier molecular flexibility index (Phi) is 3.69. The second-order valence-corrected chi connectivity index (χ2v) is 4.89. The van der Waals surface area contributed by atoms with Gasteiger partial charge in [0.25, 0.3) is 5.69 Å². The standard InChI is InChI=1S/C13H15N3O4/c1-8-5-13(18)15(7-9(2)17)12-4-3-10(16(19)20)6-11(12)14-8/h3-4,6,8,14H,5,7H2,1-2H3. The molecule has 1 aliphatic rings. The lowest BCUT2D eigenvalue weighted by molar-refractivity contribution is -0.384. The van der Waals surface area contributed by atoms with Gasteiger partial charge in [-0.05, 0) is 19.9 Å². The van der Waals surface area contributed by atoms with Crippen molar-refractivity contribution in [1.29, 1.82) is 0 Å². The smallest absolute Gasteiger partial charge is 0.271 e. The molecule has 0 fully saturated rings. The fraction of sp³-hybridized carbons (Fsp3) is 0.385. The van der Waals surface area contributed by atoms with Crippen LogP contribution in [0.4, 0.5) is 17.1 Å². The van der Waals surface area contributed by atoms with Crippen molar-refractivity contribution >= 4 is 28.8 Å². The van der Waals surface area contributed by atoms with Gasteiger partial charge in [-0.1, -0.05) is 0 Å². The first-order valence-corrected chi connectivity index (χ1v) is 6.23. The van der Waals surface area contributed by atoms with Gasteiger partial charge in [0.1, 0.15) is 5.78 Å². The number of anilines is 2. The summed E-state index contributed by atoms with van der Waals surface area (Å²) in [5.41, 5.74) is 0.944. The summed E-state index contributed by atoms with van der Waals surface area (Å²) in [6.07, 6.45) is 0.232. The van der Waals surface area contributed by atoms with Crippen LogP contribution in [0, 0.1) is 10.1 Å². The van der Waals surface area contributed by atoms with Crippen molar-refractivity contribution in [1.82, 2.24) is 0 Å². The van der Waals surface area contributed by atoms with E-state index in [0.29, 0.717) is 11.4 Å². The Labute approximate surface area is 115 Å². The number of nitrogens with zero attached hydrogens (tertiary/aromatic N) is 2. The Balaban J connectivity index is 2.50. The summed E-state index contributed by atoms with van der Waals surface area (Å²) in [4.78, 5) is 35.2. The summed E-state index contributed by atoms with van der Waals surface area (Å²) in [6.45, 7) is 3.19. The number of rotatable bonds is 3. The number of hydrogen-bond donors (Lipinski definition) is 1. The molecule has 1 aliphatic heterocycles. The first-order valence-electron chi connectivity index (χ1n) is 6.23. The number of carbonyl (C=O) groups is 2. The van der Waals surface area contributed by atoms with Gasteiger partial charge in [0.2, 0.25) is 5.91 Å². The van der Waals surface area contributed by atoms with E-state index in [1.165, 1.54) is 30.0 Å². The van der Waals surface area contributed by atoms with Crippen LogP contribution in [0.25, 0.3) is 0 Å². The lowest BCUT2D eigenvalue weighted by Crippen LogP contribution is -2.35. The molecule has 1 atom stereocenters. The summed E-state index contributed by atoms with van der Waals surface area (Å²) in [5.74, 6) is -0.315. The minimum atomic E-state index is -0.491. The molecule has 0 aliphatic carbocycles. The van der Waals surface area contributed by atoms with Crippen LogP contribution in [0.2, 0.25) is 0 Å². The van der Waals surface area contributed by atoms with Crippen LogP contribution in [0.1, 0.15) is 20.3 Å². The molecule has 1 amide bonds. The zero-order valence-corrected chi connectivity index (χ0v) is 11.3. The van der Waals surface area contributed by atoms with Gasteiger partial charge in [-0.15, -0.1) is 0 Å². The highest BCUT2D eigenvalue weighted by Crippen LogP contribution is 2.33. The second-order valence-electron chi connectivity index (χ2n) is 4.89. The molecule has 0 spiro atoms. The van der Waals surface area contributed by atoms with Crippen LogP contribution in [0.3, 0.4) is 0 Å². The topological polar surface area (TPSA) is 92.6 Å². The highest BCUT2D eigenvalue weighted by Gasteiger charge is 2.27. The molecule has 1 unspecified atom stereocenters. The molecular weight excluding hydrogens is 262 g/mol. The number of nitrogens with one attached hydrogen (secondary N) is 1. The van der Waals surface area contributed by atoms with Gasteiger partial charge in [0, 0.05) is 24.6 Å². The van der Waals surface area contributed by atoms with Crippen LogP contribution in [-0.4, -0.2) is 29.2 Å². The van der Waals surface area contributed by atoms with Gasteiger partial charge >= 0.3 is 0 Å². The Hall–Kier alpha value is -2.44. The van der Waals surface area contributed by atoms with Crippen molar-refractivity contribution in [3.63, 3.8) is 0 Å². The molecule has 1 heterocycles. The minimum absolute atomic E-state index is 0.0297. The van der Waals surface area contributed by atoms with Gasteiger partial charge in [-0.3, -0.25) is 19.7 Å². The average Bonchev–Trinajstić information content (AvgIpc) is 2.45. The van der Waals surface area contributed by atoms with Crippen molar-refractivity contribution in [2.75, 3.05) is 16.8 Å². The maximum atomic E-state index is 12.1. The maximum Gasteiger partial charge on any atom is 0.271 e. The van der Waals surface area contributed by atoms with E-state index in [-0.39, 0.29) is 36.4 Å². The third-order valence-corrected chi connectivity index (χ3v) is 3.05. The van der Waals surface area contributed by atoms with E-state index in [1.54, 1.807) is 0 Å². The normalized spacial score (nSPS) is 18.0. The third kappa shape index (κ3) is 2.76. The van der Waals surface area contributed by atoms with Crippen molar-refractivity contribution in [2.45, 2.75) is 26.3 Å². The Bertz CT molecular complexity index is 585. The maximum absolute atomic E-state index is 12.1. The molecular formula is C13H15N3O4. The summed E-state index contributed by atoms with van der Waals surface area (Å²) < 4.78 is 0. The molecule has 1 N–H and O–H groups in total. The van der Waals surface area contributed by atoms with Crippen molar-refractivity contribution in [3.05, 3.63) is 28.3 Å². The molecule has 1 aromatic carbocycles. The van der Waals surface area contributed by atoms with Crippen LogP contribution >= 0.6 is 0 Å². The number of amides is 1. The van der Waals surface area contributed by atoms with Crippen LogP contribution < -0.4 is 10.2 Å². The molecule has 20 heavy (non-hydrogen) atoms. The molecule has 1 aromatic rings. The van der Waals surface area contributed by atoms with Crippen molar-refractivity contribution < 1.29 is 14.5 Å². The summed E-state index contributed by atoms with van der Waals surface area (Å²) in [5, 5.41) is 13.9. The monoisotopic (exact) mass is 277 g/mol. The van der Waals surface area contributed by atoms with E-state index in [1.807, 2.05) is 6.92 Å². The molecule has 0 aromatic heterocycles. The molecule has 106 valence electrons. The molecule has 7 nitrogen and oxygen atoms in total. The predicted molar refractivity (Wildman–Crippen MR) is 73.8 cm³/mol. The second kappa shape index (κ2) is 5.28. The number of fused-ring (bicyclic) bond motifs is 1. The molecule has 7 heteroatoms. The van der Waals surface area contributed by atoms with E-state index in [2.05, 4.69) is 5.32 Å². The lowest BCUT2D eigenvalue weighted by atomic mass is 10.2. The summed E-state index contributed by atoms with van der Waals surface area (Å²) in [7, 11) is 0. The average molecular weight is 277 g/mol. The molecule has 0 bridgehead atoms. The first kappa shape index (κ1) is 14.0. The Morgan fingerprint density at radius 2 is 2.25 bits per heavy atom. The zero-order valence-electron chi connectivity index (χ0n) is 11.3. The molecule has 2 rings (SSSR count). The molecule has 0 saturated carbocycles. The fourth-order valence-corrected chi connectivity index (χ4v) is 2.21. The lowest BCUT2D eigenvalue weighted by Gasteiger charge is -2.20. The van der Waals surface area contributed by atoms with Crippen LogP contribution in [-0.2, 0) is 9.59 Å². The predicted octanol–water partition coefficient (Wildman–Crippen LogP) is 1.72. The van der Waals surface area contributed by atoms with E-state index in [9.17, 15) is 19.7 Å². The number of benzene rings is 1. The largest absolute Gasteiger partial charge is 0.380 e. The van der Waals surface area contributed by atoms with Crippen molar-refractivity contribution in [3.8, 4) is 0 Å². The SMILES string of the molecule is CC(=O)CN1C(=O)CC(C)Nc2cc([N+](=O)[O-])ccc21. The molecule has 0 radical (unpaired) electrons. The Morgan fingerprint density at radius 1 is 1.55 bits per heavy atom. The van der Waals surface area contributed by atoms with E-state index >= 15 is 0 Å². The first-order chi connectivity index (χ1) is 9.38.